The largest absolute Gasteiger partial charge is 0.412 e. The molecule has 0 amide bonds. The molecule has 6 heteroatoms. The van der Waals surface area contributed by atoms with Crippen LogP contribution in [-0.4, -0.2) is 29.4 Å². The lowest BCUT2D eigenvalue weighted by molar-refractivity contribution is -0.0944. The summed E-state index contributed by atoms with van der Waals surface area (Å²) in [5, 5.41) is 9.29. The molecule has 0 spiro atoms. The molecular formula is C15H19F3N2O. The van der Waals surface area contributed by atoms with Gasteiger partial charge in [-0.05, 0) is 30.5 Å². The van der Waals surface area contributed by atoms with Crippen molar-refractivity contribution in [3.63, 3.8) is 0 Å². The Balaban J connectivity index is 2.19. The van der Waals surface area contributed by atoms with Gasteiger partial charge in [0.2, 0.25) is 0 Å². The van der Waals surface area contributed by atoms with Crippen LogP contribution in [0, 0.1) is 0 Å². The van der Waals surface area contributed by atoms with E-state index in [0.29, 0.717) is 12.4 Å². The molecule has 0 fully saturated rings. The number of halogens is 3. The van der Waals surface area contributed by atoms with E-state index < -0.39 is 11.7 Å². The zero-order valence-corrected chi connectivity index (χ0v) is 12.0. The van der Waals surface area contributed by atoms with Gasteiger partial charge in [0.1, 0.15) is 5.82 Å². The number of hydrogen-bond donors (Lipinski definition) is 1. The van der Waals surface area contributed by atoms with Crippen LogP contribution in [-0.2, 0) is 13.0 Å². The second-order valence-electron chi connectivity index (χ2n) is 5.16. The summed E-state index contributed by atoms with van der Waals surface area (Å²) < 4.78 is 37.9. The van der Waals surface area contributed by atoms with Crippen molar-refractivity contribution in [1.29, 1.82) is 0 Å². The van der Waals surface area contributed by atoms with Crippen molar-refractivity contribution in [2.24, 2.45) is 0 Å². The first kappa shape index (κ1) is 15.8. The van der Waals surface area contributed by atoms with Gasteiger partial charge in [-0.2, -0.15) is 13.2 Å². The average molecular weight is 300 g/mol. The Bertz CT molecular complexity index is 526. The van der Waals surface area contributed by atoms with E-state index in [1.54, 1.807) is 6.07 Å². The molecule has 116 valence electrons. The quantitative estimate of drug-likeness (QED) is 0.867. The third-order valence-electron chi connectivity index (χ3n) is 3.51. The molecule has 2 rings (SSSR count). The minimum atomic E-state index is -4.24. The lowest BCUT2D eigenvalue weighted by Crippen LogP contribution is -2.32. The predicted molar refractivity (Wildman–Crippen MR) is 75.1 cm³/mol. The lowest BCUT2D eigenvalue weighted by atomic mass is 10.1. The SMILES string of the molecule is CCCc1cc(CO)cc(N2CC=C(C(F)(F)F)CC2)n1. The van der Waals surface area contributed by atoms with Crippen LogP contribution in [0.5, 0.6) is 0 Å². The molecule has 0 aliphatic carbocycles. The van der Waals surface area contributed by atoms with Crippen LogP contribution < -0.4 is 4.90 Å². The van der Waals surface area contributed by atoms with E-state index in [-0.39, 0.29) is 19.6 Å². The van der Waals surface area contributed by atoms with Crippen molar-refractivity contribution in [3.05, 3.63) is 35.0 Å². The minimum absolute atomic E-state index is 0.0301. The van der Waals surface area contributed by atoms with Gasteiger partial charge < -0.3 is 10.0 Å². The van der Waals surface area contributed by atoms with Crippen molar-refractivity contribution >= 4 is 5.82 Å². The molecule has 0 unspecified atom stereocenters. The molecule has 1 N–H and O–H groups in total. The maximum atomic E-state index is 12.6. The topological polar surface area (TPSA) is 36.4 Å². The number of alkyl halides is 3. The second kappa shape index (κ2) is 6.47. The molecule has 0 bridgehead atoms. The van der Waals surface area contributed by atoms with Gasteiger partial charge in [-0.15, -0.1) is 0 Å². The normalized spacial score (nSPS) is 16.0. The van der Waals surface area contributed by atoms with Crippen molar-refractivity contribution < 1.29 is 18.3 Å². The van der Waals surface area contributed by atoms with Gasteiger partial charge in [0.05, 0.1) is 6.61 Å². The predicted octanol–water partition coefficient (Wildman–Crippen LogP) is 3.23. The summed E-state index contributed by atoms with van der Waals surface area (Å²) in [6.07, 6.45) is -1.33. The minimum Gasteiger partial charge on any atom is -0.392 e. The Morgan fingerprint density at radius 2 is 2.10 bits per heavy atom. The van der Waals surface area contributed by atoms with Crippen LogP contribution >= 0.6 is 0 Å². The molecule has 0 saturated heterocycles. The van der Waals surface area contributed by atoms with Crippen LogP contribution in [0.3, 0.4) is 0 Å². The fraction of sp³-hybridized carbons (Fsp3) is 0.533. The average Bonchev–Trinajstić information content (AvgIpc) is 2.46. The van der Waals surface area contributed by atoms with Gasteiger partial charge in [-0.1, -0.05) is 19.4 Å². The van der Waals surface area contributed by atoms with E-state index in [9.17, 15) is 18.3 Å². The Morgan fingerprint density at radius 3 is 2.62 bits per heavy atom. The summed E-state index contributed by atoms with van der Waals surface area (Å²) in [4.78, 5) is 6.30. The first-order valence-electron chi connectivity index (χ1n) is 7.06. The number of rotatable bonds is 4. The molecule has 1 aliphatic heterocycles. The highest BCUT2D eigenvalue weighted by Crippen LogP contribution is 2.31. The highest BCUT2D eigenvalue weighted by molar-refractivity contribution is 5.45. The monoisotopic (exact) mass is 300 g/mol. The number of anilines is 1. The lowest BCUT2D eigenvalue weighted by Gasteiger charge is -2.28. The number of aromatic nitrogens is 1. The van der Waals surface area contributed by atoms with Gasteiger partial charge in [-0.3, -0.25) is 0 Å². The Labute approximate surface area is 122 Å². The van der Waals surface area contributed by atoms with E-state index in [4.69, 9.17) is 0 Å². The zero-order chi connectivity index (χ0) is 15.5. The number of aryl methyl sites for hydroxylation is 1. The van der Waals surface area contributed by atoms with Gasteiger partial charge in [0.25, 0.3) is 0 Å². The zero-order valence-electron chi connectivity index (χ0n) is 12.0. The summed E-state index contributed by atoms with van der Waals surface area (Å²) in [5.74, 6) is 0.641. The summed E-state index contributed by atoms with van der Waals surface area (Å²) in [7, 11) is 0. The summed E-state index contributed by atoms with van der Waals surface area (Å²) >= 11 is 0. The molecule has 0 saturated carbocycles. The molecule has 21 heavy (non-hydrogen) atoms. The van der Waals surface area contributed by atoms with Gasteiger partial charge in [-0.25, -0.2) is 4.98 Å². The first-order chi connectivity index (χ1) is 9.94. The molecule has 3 nitrogen and oxygen atoms in total. The van der Waals surface area contributed by atoms with Gasteiger partial charge in [0, 0.05) is 24.4 Å². The summed E-state index contributed by atoms with van der Waals surface area (Å²) in [6.45, 7) is 2.43. The summed E-state index contributed by atoms with van der Waals surface area (Å²) in [6, 6.07) is 3.58. The maximum absolute atomic E-state index is 12.6. The van der Waals surface area contributed by atoms with Crippen molar-refractivity contribution in [3.8, 4) is 0 Å². The summed E-state index contributed by atoms with van der Waals surface area (Å²) in [5.41, 5.74) is 1.14. The van der Waals surface area contributed by atoms with E-state index in [1.807, 2.05) is 17.9 Å². The third kappa shape index (κ3) is 3.97. The van der Waals surface area contributed by atoms with Gasteiger partial charge >= 0.3 is 6.18 Å². The van der Waals surface area contributed by atoms with E-state index >= 15 is 0 Å². The van der Waals surface area contributed by atoms with Crippen LogP contribution in [0.4, 0.5) is 19.0 Å². The van der Waals surface area contributed by atoms with Crippen LogP contribution in [0.1, 0.15) is 31.0 Å². The smallest absolute Gasteiger partial charge is 0.392 e. The molecule has 0 aromatic carbocycles. The van der Waals surface area contributed by atoms with Crippen molar-refractivity contribution in [2.75, 3.05) is 18.0 Å². The van der Waals surface area contributed by atoms with Gasteiger partial charge in [0.15, 0.2) is 0 Å². The highest BCUT2D eigenvalue weighted by Gasteiger charge is 2.34. The fourth-order valence-electron chi connectivity index (χ4n) is 2.41. The van der Waals surface area contributed by atoms with Crippen LogP contribution in [0.25, 0.3) is 0 Å². The molecule has 0 radical (unpaired) electrons. The molecule has 2 heterocycles. The molecule has 1 aromatic heterocycles. The number of aliphatic hydroxyl groups excluding tert-OH is 1. The van der Waals surface area contributed by atoms with E-state index in [2.05, 4.69) is 4.98 Å². The van der Waals surface area contributed by atoms with Crippen LogP contribution in [0.2, 0.25) is 0 Å². The number of aliphatic hydroxyl groups is 1. The first-order valence-corrected chi connectivity index (χ1v) is 7.06. The Morgan fingerprint density at radius 1 is 1.33 bits per heavy atom. The molecule has 1 aromatic rings. The number of pyridine rings is 1. The Hall–Kier alpha value is -1.56. The molecule has 0 atom stereocenters. The maximum Gasteiger partial charge on any atom is 0.412 e. The van der Waals surface area contributed by atoms with E-state index in [1.165, 1.54) is 6.08 Å². The second-order valence-corrected chi connectivity index (χ2v) is 5.16. The van der Waals surface area contributed by atoms with Crippen molar-refractivity contribution in [1.82, 2.24) is 4.98 Å². The Kier molecular flexibility index (Phi) is 4.88. The molecular weight excluding hydrogens is 281 g/mol. The highest BCUT2D eigenvalue weighted by atomic mass is 19.4. The van der Waals surface area contributed by atoms with E-state index in [0.717, 1.165) is 24.1 Å². The third-order valence-corrected chi connectivity index (χ3v) is 3.51. The fourth-order valence-corrected chi connectivity index (χ4v) is 2.41. The van der Waals surface area contributed by atoms with Crippen LogP contribution in [0.15, 0.2) is 23.8 Å². The van der Waals surface area contributed by atoms with Crippen molar-refractivity contribution in [2.45, 2.75) is 39.0 Å². The standard InChI is InChI=1S/C15H19F3N2O/c1-2-3-13-8-11(10-21)9-14(19-13)20-6-4-12(5-7-20)15(16,17)18/h4,8-9,21H,2-3,5-7,10H2,1H3. The number of nitrogens with zero attached hydrogens (tertiary/aromatic N) is 2. The molecule has 1 aliphatic rings. The number of hydrogen-bond acceptors (Lipinski definition) is 3.